The predicted molar refractivity (Wildman–Crippen MR) is 101 cm³/mol. The average Bonchev–Trinajstić information content (AvgIpc) is 3.36. The molecule has 0 fully saturated rings. The van der Waals surface area contributed by atoms with Gasteiger partial charge in [-0.05, 0) is 49.9 Å². The molecule has 0 radical (unpaired) electrons. The Balaban J connectivity index is 1.58. The van der Waals surface area contributed by atoms with Crippen LogP contribution in [-0.4, -0.2) is 31.3 Å². The molecule has 1 aromatic heterocycles. The molecule has 1 aromatic carbocycles. The van der Waals surface area contributed by atoms with Gasteiger partial charge in [0.15, 0.2) is 11.5 Å². The van der Waals surface area contributed by atoms with Crippen molar-refractivity contribution in [2.75, 3.05) is 18.7 Å². The third-order valence-corrected chi connectivity index (χ3v) is 5.71. The van der Waals surface area contributed by atoms with Gasteiger partial charge in [0.2, 0.25) is 6.79 Å². The van der Waals surface area contributed by atoms with Gasteiger partial charge in [-0.25, -0.2) is 4.79 Å². The summed E-state index contributed by atoms with van der Waals surface area (Å²) in [7, 11) is 0. The van der Waals surface area contributed by atoms with E-state index < -0.39 is 12.0 Å². The molecule has 1 aliphatic carbocycles. The van der Waals surface area contributed by atoms with E-state index >= 15 is 0 Å². The highest BCUT2D eigenvalue weighted by Crippen LogP contribution is 2.39. The molecule has 0 unspecified atom stereocenters. The summed E-state index contributed by atoms with van der Waals surface area (Å²) in [5, 5.41) is 5.45. The van der Waals surface area contributed by atoms with Gasteiger partial charge in [-0.2, -0.15) is 0 Å². The first-order valence-electron chi connectivity index (χ1n) is 8.90. The lowest BCUT2D eigenvalue weighted by molar-refractivity contribution is 0.0925. The number of rotatable bonds is 4. The Morgan fingerprint density at radius 2 is 1.96 bits per heavy atom. The van der Waals surface area contributed by atoms with Crippen LogP contribution in [0.5, 0.6) is 11.5 Å². The Morgan fingerprint density at radius 3 is 2.79 bits per heavy atom. The molecule has 146 valence electrons. The average molecular weight is 402 g/mol. The summed E-state index contributed by atoms with van der Waals surface area (Å²) in [6.07, 6.45) is 1.72. The first kappa shape index (κ1) is 18.3. The van der Waals surface area contributed by atoms with E-state index in [0.29, 0.717) is 27.6 Å². The SMILES string of the molecule is CCOC(=O)NC(=O)c1c(NC(=O)c2ccc3c(c2)OCO3)sc2c1CCC2. The maximum atomic E-state index is 12.7. The first-order valence-corrected chi connectivity index (χ1v) is 9.72. The molecule has 3 amide bonds. The van der Waals surface area contributed by atoms with Crippen molar-refractivity contribution in [2.24, 2.45) is 0 Å². The molecule has 0 spiro atoms. The lowest BCUT2D eigenvalue weighted by Crippen LogP contribution is -2.32. The van der Waals surface area contributed by atoms with Gasteiger partial charge in [0.05, 0.1) is 12.2 Å². The summed E-state index contributed by atoms with van der Waals surface area (Å²) in [4.78, 5) is 38.1. The maximum absolute atomic E-state index is 12.7. The lowest BCUT2D eigenvalue weighted by Gasteiger charge is -2.09. The van der Waals surface area contributed by atoms with Gasteiger partial charge < -0.3 is 19.5 Å². The van der Waals surface area contributed by atoms with Gasteiger partial charge >= 0.3 is 6.09 Å². The number of alkyl carbamates (subject to hydrolysis) is 1. The number of imide groups is 1. The van der Waals surface area contributed by atoms with E-state index in [1.807, 2.05) is 0 Å². The molecule has 0 atom stereocenters. The van der Waals surface area contributed by atoms with E-state index in [-0.39, 0.29) is 19.3 Å². The van der Waals surface area contributed by atoms with Crippen molar-refractivity contribution in [3.8, 4) is 11.5 Å². The minimum Gasteiger partial charge on any atom is -0.454 e. The highest BCUT2D eigenvalue weighted by atomic mass is 32.1. The van der Waals surface area contributed by atoms with Gasteiger partial charge in [0, 0.05) is 10.4 Å². The van der Waals surface area contributed by atoms with Crippen LogP contribution in [0.2, 0.25) is 0 Å². The Labute approximate surface area is 164 Å². The number of carbonyl (C=O) groups excluding carboxylic acids is 3. The molecule has 2 heterocycles. The summed E-state index contributed by atoms with van der Waals surface area (Å²) < 4.78 is 15.3. The molecule has 28 heavy (non-hydrogen) atoms. The number of hydrogen-bond acceptors (Lipinski definition) is 7. The number of amides is 3. The van der Waals surface area contributed by atoms with Crippen LogP contribution in [0.1, 0.15) is 44.5 Å². The van der Waals surface area contributed by atoms with Gasteiger partial charge in [-0.15, -0.1) is 11.3 Å². The zero-order valence-electron chi connectivity index (χ0n) is 15.1. The van der Waals surface area contributed by atoms with Crippen molar-refractivity contribution in [2.45, 2.75) is 26.2 Å². The highest BCUT2D eigenvalue weighted by molar-refractivity contribution is 7.17. The Kier molecular flexibility index (Phi) is 4.91. The number of fused-ring (bicyclic) bond motifs is 2. The van der Waals surface area contributed by atoms with Crippen LogP contribution in [0.3, 0.4) is 0 Å². The smallest absolute Gasteiger partial charge is 0.414 e. The minimum absolute atomic E-state index is 0.121. The van der Waals surface area contributed by atoms with E-state index in [2.05, 4.69) is 10.6 Å². The standard InChI is InChI=1S/C19H18N2O6S/c1-2-25-19(24)21-17(23)15-11-4-3-5-14(11)28-18(15)20-16(22)10-6-7-12-13(8-10)27-9-26-12/h6-8H,2-5,9H2,1H3,(H,20,22)(H,21,23,24). The van der Waals surface area contributed by atoms with E-state index in [9.17, 15) is 14.4 Å². The molecule has 4 rings (SSSR count). The summed E-state index contributed by atoms with van der Waals surface area (Å²) >= 11 is 1.37. The lowest BCUT2D eigenvalue weighted by atomic mass is 10.1. The first-order chi connectivity index (χ1) is 13.6. The van der Waals surface area contributed by atoms with E-state index in [4.69, 9.17) is 14.2 Å². The van der Waals surface area contributed by atoms with Crippen LogP contribution in [0, 0.1) is 0 Å². The number of anilines is 1. The largest absolute Gasteiger partial charge is 0.454 e. The molecule has 1 aliphatic heterocycles. The number of carbonyl (C=O) groups is 3. The number of aryl methyl sites for hydroxylation is 1. The van der Waals surface area contributed by atoms with Crippen molar-refractivity contribution < 1.29 is 28.6 Å². The Hall–Kier alpha value is -3.07. The Bertz CT molecular complexity index is 968. The molecular weight excluding hydrogens is 384 g/mol. The summed E-state index contributed by atoms with van der Waals surface area (Å²) in [5.74, 6) is 0.144. The van der Waals surface area contributed by atoms with Crippen LogP contribution in [0.25, 0.3) is 0 Å². The van der Waals surface area contributed by atoms with Gasteiger partial charge in [-0.3, -0.25) is 14.9 Å². The van der Waals surface area contributed by atoms with E-state index in [1.54, 1.807) is 25.1 Å². The molecule has 2 aliphatic rings. The third-order valence-electron chi connectivity index (χ3n) is 4.50. The van der Waals surface area contributed by atoms with Crippen LogP contribution < -0.4 is 20.1 Å². The second kappa shape index (κ2) is 7.51. The van der Waals surface area contributed by atoms with Crippen molar-refractivity contribution in [1.29, 1.82) is 0 Å². The second-order valence-electron chi connectivity index (χ2n) is 6.26. The van der Waals surface area contributed by atoms with Crippen molar-refractivity contribution >= 4 is 34.2 Å². The van der Waals surface area contributed by atoms with Crippen molar-refractivity contribution in [3.63, 3.8) is 0 Å². The molecule has 0 saturated heterocycles. The third kappa shape index (κ3) is 3.40. The zero-order valence-corrected chi connectivity index (χ0v) is 15.9. The number of hydrogen-bond donors (Lipinski definition) is 2. The predicted octanol–water partition coefficient (Wildman–Crippen LogP) is 3.10. The minimum atomic E-state index is -0.807. The topological polar surface area (TPSA) is 103 Å². The van der Waals surface area contributed by atoms with E-state index in [0.717, 1.165) is 29.7 Å². The molecule has 2 N–H and O–H groups in total. The normalized spacial score (nSPS) is 13.8. The second-order valence-corrected chi connectivity index (χ2v) is 7.36. The summed E-state index contributed by atoms with van der Waals surface area (Å²) in [6.45, 7) is 1.94. The van der Waals surface area contributed by atoms with Gasteiger partial charge in [0.25, 0.3) is 11.8 Å². The fraction of sp³-hybridized carbons (Fsp3) is 0.316. The van der Waals surface area contributed by atoms with Crippen LogP contribution >= 0.6 is 11.3 Å². The van der Waals surface area contributed by atoms with Crippen LogP contribution in [-0.2, 0) is 17.6 Å². The van der Waals surface area contributed by atoms with E-state index in [1.165, 1.54) is 11.3 Å². The van der Waals surface area contributed by atoms with Crippen LogP contribution in [0.4, 0.5) is 9.80 Å². The number of nitrogens with one attached hydrogen (secondary N) is 2. The van der Waals surface area contributed by atoms with Gasteiger partial charge in [-0.1, -0.05) is 0 Å². The molecule has 9 heteroatoms. The molecule has 0 saturated carbocycles. The summed E-state index contributed by atoms with van der Waals surface area (Å²) in [6, 6.07) is 4.89. The van der Waals surface area contributed by atoms with Gasteiger partial charge in [0.1, 0.15) is 5.00 Å². The van der Waals surface area contributed by atoms with Crippen LogP contribution in [0.15, 0.2) is 18.2 Å². The molecule has 8 nitrogen and oxygen atoms in total. The fourth-order valence-corrected chi connectivity index (χ4v) is 4.55. The number of ether oxygens (including phenoxy) is 3. The maximum Gasteiger partial charge on any atom is 0.414 e. The molecule has 0 bridgehead atoms. The summed E-state index contributed by atoms with van der Waals surface area (Å²) in [5.41, 5.74) is 1.60. The highest BCUT2D eigenvalue weighted by Gasteiger charge is 2.29. The quantitative estimate of drug-likeness (QED) is 0.815. The fourth-order valence-electron chi connectivity index (χ4n) is 3.27. The molecule has 2 aromatic rings. The number of benzene rings is 1. The molecular formula is C19H18N2O6S. The Morgan fingerprint density at radius 1 is 1.14 bits per heavy atom. The van der Waals surface area contributed by atoms with Crippen molar-refractivity contribution in [3.05, 3.63) is 39.8 Å². The monoisotopic (exact) mass is 402 g/mol. The number of thiophene rings is 1. The zero-order chi connectivity index (χ0) is 19.7. The van der Waals surface area contributed by atoms with Crippen molar-refractivity contribution in [1.82, 2.24) is 5.32 Å².